The summed E-state index contributed by atoms with van der Waals surface area (Å²) in [6, 6.07) is 4.31. The highest BCUT2D eigenvalue weighted by Gasteiger charge is 2.06. The number of rotatable bonds is 2. The molecule has 0 aliphatic rings. The van der Waals surface area contributed by atoms with Crippen LogP contribution in [-0.4, -0.2) is 15.2 Å². The molecule has 5 nitrogen and oxygen atoms in total. The summed E-state index contributed by atoms with van der Waals surface area (Å²) >= 11 is 1.35. The van der Waals surface area contributed by atoms with E-state index in [2.05, 4.69) is 10.4 Å². The first-order valence-electron chi connectivity index (χ1n) is 4.14. The van der Waals surface area contributed by atoms with Gasteiger partial charge in [-0.1, -0.05) is 0 Å². The Morgan fingerprint density at radius 3 is 2.40 bits per heavy atom. The van der Waals surface area contributed by atoms with Crippen molar-refractivity contribution in [2.45, 2.75) is 0 Å². The fourth-order valence-corrected chi connectivity index (χ4v) is 1.85. The van der Waals surface area contributed by atoms with Crippen LogP contribution in [0.25, 0.3) is 11.3 Å². The highest BCUT2D eigenvalue weighted by Crippen LogP contribution is 2.30. The van der Waals surface area contributed by atoms with Gasteiger partial charge >= 0.3 is 0 Å². The zero-order valence-corrected chi connectivity index (χ0v) is 8.45. The molecule has 0 aliphatic carbocycles. The van der Waals surface area contributed by atoms with Crippen LogP contribution in [0.1, 0.15) is 0 Å². The second-order valence-corrected chi connectivity index (χ2v) is 3.78. The molecule has 15 heavy (non-hydrogen) atoms. The number of phenols is 2. The molecule has 2 aromatic rings. The van der Waals surface area contributed by atoms with Crippen LogP contribution in [-0.2, 0) is 0 Å². The molecule has 0 saturated heterocycles. The molecule has 1 aromatic carbocycles. The van der Waals surface area contributed by atoms with E-state index in [1.165, 1.54) is 29.5 Å². The Labute approximate surface area is 89.8 Å². The lowest BCUT2D eigenvalue weighted by molar-refractivity contribution is 0.451. The van der Waals surface area contributed by atoms with Crippen molar-refractivity contribution in [3.63, 3.8) is 0 Å². The van der Waals surface area contributed by atoms with Crippen molar-refractivity contribution >= 4 is 16.5 Å². The number of hydrogen-bond acceptors (Lipinski definition) is 6. The summed E-state index contributed by atoms with van der Waals surface area (Å²) in [5, 5.41) is 20.9. The Kier molecular flexibility index (Phi) is 2.44. The van der Waals surface area contributed by atoms with Gasteiger partial charge in [0.2, 0.25) is 0 Å². The number of nitrogen functional groups attached to an aromatic ring is 1. The summed E-state index contributed by atoms with van der Waals surface area (Å²) in [4.78, 5) is 4.14. The average molecular weight is 223 g/mol. The number of nitrogens with zero attached hydrogens (tertiary/aromatic N) is 1. The number of thiazole rings is 1. The number of aromatic nitrogens is 1. The van der Waals surface area contributed by atoms with E-state index in [1.807, 2.05) is 0 Å². The maximum atomic E-state index is 9.29. The van der Waals surface area contributed by atoms with E-state index in [4.69, 9.17) is 5.84 Å². The monoisotopic (exact) mass is 223 g/mol. The second-order valence-electron chi connectivity index (χ2n) is 2.92. The Balaban J connectivity index is 2.44. The standard InChI is InChI=1S/C9H9N3O2S/c10-12-9-11-8(4-15-9)5-1-6(13)3-7(14)2-5/h1-4,13-14H,10H2,(H,11,12). The van der Waals surface area contributed by atoms with Crippen LogP contribution in [0.3, 0.4) is 0 Å². The first-order valence-corrected chi connectivity index (χ1v) is 5.02. The van der Waals surface area contributed by atoms with Crippen molar-refractivity contribution < 1.29 is 10.2 Å². The first kappa shape index (κ1) is 9.75. The highest BCUT2D eigenvalue weighted by molar-refractivity contribution is 7.14. The fourth-order valence-electron chi connectivity index (χ4n) is 1.22. The van der Waals surface area contributed by atoms with Gasteiger partial charge in [0.15, 0.2) is 5.13 Å². The van der Waals surface area contributed by atoms with Crippen molar-refractivity contribution in [1.82, 2.24) is 4.98 Å². The SMILES string of the molecule is NNc1nc(-c2cc(O)cc(O)c2)cs1. The van der Waals surface area contributed by atoms with Crippen LogP contribution in [0.15, 0.2) is 23.6 Å². The van der Waals surface area contributed by atoms with Crippen LogP contribution in [0, 0.1) is 0 Å². The summed E-state index contributed by atoms with van der Waals surface area (Å²) in [6.45, 7) is 0. The summed E-state index contributed by atoms with van der Waals surface area (Å²) in [5.74, 6) is 5.20. The van der Waals surface area contributed by atoms with Gasteiger partial charge in [-0.25, -0.2) is 10.8 Å². The van der Waals surface area contributed by atoms with E-state index in [9.17, 15) is 10.2 Å². The summed E-state index contributed by atoms with van der Waals surface area (Å²) in [7, 11) is 0. The minimum atomic E-state index is 0.000239. The normalized spacial score (nSPS) is 10.2. The smallest absolute Gasteiger partial charge is 0.197 e. The maximum Gasteiger partial charge on any atom is 0.197 e. The van der Waals surface area contributed by atoms with Gasteiger partial charge in [0.1, 0.15) is 11.5 Å². The quantitative estimate of drug-likeness (QED) is 0.457. The zero-order valence-electron chi connectivity index (χ0n) is 7.64. The molecular weight excluding hydrogens is 214 g/mol. The van der Waals surface area contributed by atoms with Crippen LogP contribution in [0.2, 0.25) is 0 Å². The third kappa shape index (κ3) is 2.00. The molecule has 0 radical (unpaired) electrons. The van der Waals surface area contributed by atoms with E-state index in [1.54, 1.807) is 5.38 Å². The number of anilines is 1. The minimum absolute atomic E-state index is 0.000239. The van der Waals surface area contributed by atoms with Crippen LogP contribution < -0.4 is 11.3 Å². The molecule has 0 saturated carbocycles. The molecule has 0 aliphatic heterocycles. The lowest BCUT2D eigenvalue weighted by Crippen LogP contribution is -2.05. The van der Waals surface area contributed by atoms with E-state index in [-0.39, 0.29) is 11.5 Å². The summed E-state index contributed by atoms with van der Waals surface area (Å²) in [6.07, 6.45) is 0. The summed E-state index contributed by atoms with van der Waals surface area (Å²) in [5.41, 5.74) is 3.72. The van der Waals surface area contributed by atoms with Gasteiger partial charge in [-0.05, 0) is 12.1 Å². The molecule has 1 aromatic heterocycles. The number of hydrazine groups is 1. The van der Waals surface area contributed by atoms with E-state index < -0.39 is 0 Å². The van der Waals surface area contributed by atoms with Gasteiger partial charge in [-0.3, -0.25) is 5.43 Å². The third-order valence-corrected chi connectivity index (χ3v) is 2.60. The molecule has 0 amide bonds. The largest absolute Gasteiger partial charge is 0.508 e. The predicted octanol–water partition coefficient (Wildman–Crippen LogP) is 1.51. The molecule has 0 atom stereocenters. The van der Waals surface area contributed by atoms with Gasteiger partial charge in [0.25, 0.3) is 0 Å². The van der Waals surface area contributed by atoms with Gasteiger partial charge in [-0.2, -0.15) is 0 Å². The van der Waals surface area contributed by atoms with Gasteiger partial charge in [-0.15, -0.1) is 11.3 Å². The number of nitrogens with one attached hydrogen (secondary N) is 1. The van der Waals surface area contributed by atoms with Crippen molar-refractivity contribution in [3.05, 3.63) is 23.6 Å². The lowest BCUT2D eigenvalue weighted by atomic mass is 10.1. The van der Waals surface area contributed by atoms with E-state index in [0.717, 1.165) is 0 Å². The van der Waals surface area contributed by atoms with Gasteiger partial charge in [0, 0.05) is 17.0 Å². The predicted molar refractivity (Wildman–Crippen MR) is 58.7 cm³/mol. The minimum Gasteiger partial charge on any atom is -0.508 e. The second kappa shape index (κ2) is 3.76. The molecule has 78 valence electrons. The van der Waals surface area contributed by atoms with Gasteiger partial charge < -0.3 is 10.2 Å². The lowest BCUT2D eigenvalue weighted by Gasteiger charge is -1.99. The Hall–Kier alpha value is -1.79. The maximum absolute atomic E-state index is 9.29. The van der Waals surface area contributed by atoms with Crippen LogP contribution in [0.5, 0.6) is 11.5 Å². The molecule has 0 fully saturated rings. The van der Waals surface area contributed by atoms with Crippen molar-refractivity contribution in [1.29, 1.82) is 0 Å². The van der Waals surface area contributed by atoms with Gasteiger partial charge in [0.05, 0.1) is 5.69 Å². The van der Waals surface area contributed by atoms with E-state index in [0.29, 0.717) is 16.4 Å². The van der Waals surface area contributed by atoms with E-state index >= 15 is 0 Å². The van der Waals surface area contributed by atoms with Crippen LogP contribution in [0.4, 0.5) is 5.13 Å². The Morgan fingerprint density at radius 1 is 1.20 bits per heavy atom. The molecule has 0 spiro atoms. The van der Waals surface area contributed by atoms with Crippen molar-refractivity contribution in [3.8, 4) is 22.8 Å². The molecular formula is C9H9N3O2S. The average Bonchev–Trinajstić information content (AvgIpc) is 2.64. The number of benzene rings is 1. The molecule has 0 unspecified atom stereocenters. The first-order chi connectivity index (χ1) is 7.19. The molecule has 6 heteroatoms. The molecule has 5 N–H and O–H groups in total. The highest BCUT2D eigenvalue weighted by atomic mass is 32.1. The Bertz CT molecular complexity index is 464. The molecule has 0 bridgehead atoms. The number of phenolic OH excluding ortho intramolecular Hbond substituents is 2. The number of nitrogens with two attached hydrogens (primary N) is 1. The van der Waals surface area contributed by atoms with Crippen LogP contribution >= 0.6 is 11.3 Å². The van der Waals surface area contributed by atoms with Crippen molar-refractivity contribution in [2.75, 3.05) is 5.43 Å². The molecule has 1 heterocycles. The molecule has 2 rings (SSSR count). The van der Waals surface area contributed by atoms with Crippen molar-refractivity contribution in [2.24, 2.45) is 5.84 Å². The number of aromatic hydroxyl groups is 2. The Morgan fingerprint density at radius 2 is 1.87 bits per heavy atom. The third-order valence-electron chi connectivity index (χ3n) is 1.83. The number of hydrogen-bond donors (Lipinski definition) is 4. The fraction of sp³-hybridized carbons (Fsp3) is 0. The zero-order chi connectivity index (χ0) is 10.8. The topological polar surface area (TPSA) is 91.4 Å². The summed E-state index contributed by atoms with van der Waals surface area (Å²) < 4.78 is 0.